The molecule has 0 fully saturated rings. The Hall–Kier alpha value is -3.12. The molecule has 0 saturated carbocycles. The van der Waals surface area contributed by atoms with Crippen LogP contribution in [0, 0.1) is 0 Å². The number of phenols is 1. The van der Waals surface area contributed by atoms with Crippen LogP contribution in [0.15, 0.2) is 72.1 Å². The quantitative estimate of drug-likeness (QED) is 0.654. The van der Waals surface area contributed by atoms with Crippen molar-refractivity contribution in [2.45, 2.75) is 6.04 Å². The molecule has 132 valence electrons. The first-order chi connectivity index (χ1) is 12.6. The molecule has 0 spiro atoms. The fourth-order valence-electron chi connectivity index (χ4n) is 2.43. The Balaban J connectivity index is 1.63. The van der Waals surface area contributed by atoms with Crippen LogP contribution in [0.3, 0.4) is 0 Å². The van der Waals surface area contributed by atoms with Crippen molar-refractivity contribution in [1.82, 2.24) is 5.32 Å². The summed E-state index contributed by atoms with van der Waals surface area (Å²) in [6.45, 7) is -0.381. The van der Waals surface area contributed by atoms with Crippen LogP contribution in [0.2, 0.25) is 0 Å². The van der Waals surface area contributed by atoms with E-state index in [-0.39, 0.29) is 29.9 Å². The van der Waals surface area contributed by atoms with Gasteiger partial charge >= 0.3 is 5.97 Å². The first kappa shape index (κ1) is 17.7. The third-order valence-electron chi connectivity index (χ3n) is 3.70. The molecule has 1 atom stereocenters. The second-order valence-electron chi connectivity index (χ2n) is 5.55. The van der Waals surface area contributed by atoms with Gasteiger partial charge < -0.3 is 15.2 Å². The van der Waals surface area contributed by atoms with Crippen LogP contribution in [-0.2, 0) is 9.53 Å². The summed E-state index contributed by atoms with van der Waals surface area (Å²) in [5.41, 5.74) is 1.22. The summed E-state index contributed by atoms with van der Waals surface area (Å²) in [6, 6.07) is 18.8. The van der Waals surface area contributed by atoms with E-state index in [1.165, 1.54) is 24.3 Å². The maximum absolute atomic E-state index is 12.3. The van der Waals surface area contributed by atoms with Crippen LogP contribution in [0.25, 0.3) is 0 Å². The Morgan fingerprint density at radius 3 is 2.38 bits per heavy atom. The van der Waals surface area contributed by atoms with Crippen LogP contribution >= 0.6 is 11.3 Å². The van der Waals surface area contributed by atoms with Crippen LogP contribution in [0.4, 0.5) is 0 Å². The van der Waals surface area contributed by atoms with Gasteiger partial charge in [-0.05, 0) is 41.3 Å². The smallest absolute Gasteiger partial charge is 0.338 e. The molecule has 26 heavy (non-hydrogen) atoms. The Morgan fingerprint density at radius 1 is 1.00 bits per heavy atom. The number of aromatic hydroxyl groups is 1. The molecule has 0 aliphatic rings. The highest BCUT2D eigenvalue weighted by Crippen LogP contribution is 2.25. The van der Waals surface area contributed by atoms with E-state index in [1.54, 1.807) is 11.3 Å². The van der Waals surface area contributed by atoms with E-state index in [1.807, 2.05) is 47.8 Å². The molecule has 0 radical (unpaired) electrons. The molecule has 2 N–H and O–H groups in total. The van der Waals surface area contributed by atoms with Gasteiger partial charge in [0, 0.05) is 4.88 Å². The number of ether oxygens (including phenoxy) is 1. The lowest BCUT2D eigenvalue weighted by Crippen LogP contribution is -2.32. The van der Waals surface area contributed by atoms with Crippen LogP contribution in [-0.4, -0.2) is 23.6 Å². The summed E-state index contributed by atoms with van der Waals surface area (Å²) in [5, 5.41) is 14.1. The molecule has 0 aliphatic heterocycles. The lowest BCUT2D eigenvalue weighted by molar-refractivity contribution is -0.124. The zero-order valence-electron chi connectivity index (χ0n) is 13.8. The molecule has 0 bridgehead atoms. The van der Waals surface area contributed by atoms with Gasteiger partial charge in [-0.1, -0.05) is 36.4 Å². The number of nitrogens with one attached hydrogen (secondary N) is 1. The molecule has 0 aliphatic carbocycles. The fourth-order valence-corrected chi connectivity index (χ4v) is 3.24. The van der Waals surface area contributed by atoms with E-state index in [9.17, 15) is 14.7 Å². The maximum atomic E-state index is 12.3. The summed E-state index contributed by atoms with van der Waals surface area (Å²) >= 11 is 1.54. The Kier molecular flexibility index (Phi) is 5.66. The number of thiophene rings is 1. The van der Waals surface area contributed by atoms with E-state index in [0.717, 1.165) is 10.4 Å². The molecule has 6 heteroatoms. The van der Waals surface area contributed by atoms with Crippen molar-refractivity contribution in [1.29, 1.82) is 0 Å². The van der Waals surface area contributed by atoms with Crippen molar-refractivity contribution < 1.29 is 19.4 Å². The molecule has 5 nitrogen and oxygen atoms in total. The number of amides is 1. The summed E-state index contributed by atoms with van der Waals surface area (Å²) in [6.07, 6.45) is 0. The van der Waals surface area contributed by atoms with Crippen molar-refractivity contribution in [3.05, 3.63) is 88.1 Å². The van der Waals surface area contributed by atoms with Gasteiger partial charge in [0.2, 0.25) is 0 Å². The van der Waals surface area contributed by atoms with E-state index in [2.05, 4.69) is 5.32 Å². The maximum Gasteiger partial charge on any atom is 0.338 e. The molecule has 3 aromatic rings. The lowest BCUT2D eigenvalue weighted by atomic mass is 10.1. The number of benzene rings is 2. The molecule has 0 saturated heterocycles. The minimum Gasteiger partial charge on any atom is -0.508 e. The minimum atomic E-state index is -0.618. The topological polar surface area (TPSA) is 75.6 Å². The monoisotopic (exact) mass is 367 g/mol. The number of hydrogen-bond acceptors (Lipinski definition) is 5. The van der Waals surface area contributed by atoms with E-state index in [0.29, 0.717) is 0 Å². The van der Waals surface area contributed by atoms with Gasteiger partial charge in [-0.25, -0.2) is 4.79 Å². The Morgan fingerprint density at radius 2 is 1.73 bits per heavy atom. The molecule has 1 amide bonds. The number of esters is 1. The molecular weight excluding hydrogens is 350 g/mol. The zero-order valence-corrected chi connectivity index (χ0v) is 14.6. The number of rotatable bonds is 6. The second kappa shape index (κ2) is 8.31. The van der Waals surface area contributed by atoms with Crippen molar-refractivity contribution in [2.75, 3.05) is 6.61 Å². The Labute approximate surface area is 154 Å². The number of carbonyl (C=O) groups is 2. The van der Waals surface area contributed by atoms with Crippen molar-refractivity contribution >= 4 is 23.2 Å². The lowest BCUT2D eigenvalue weighted by Gasteiger charge is -2.18. The van der Waals surface area contributed by atoms with Gasteiger partial charge in [0.25, 0.3) is 5.91 Å². The predicted octanol–water partition coefficient (Wildman–Crippen LogP) is 3.52. The number of carbonyl (C=O) groups excluding carboxylic acids is 2. The molecule has 2 aromatic carbocycles. The zero-order chi connectivity index (χ0) is 18.4. The highest BCUT2D eigenvalue weighted by molar-refractivity contribution is 7.10. The fraction of sp³-hybridized carbons (Fsp3) is 0.100. The van der Waals surface area contributed by atoms with Gasteiger partial charge in [-0.3, -0.25) is 4.79 Å². The van der Waals surface area contributed by atoms with Crippen molar-refractivity contribution in [3.63, 3.8) is 0 Å². The minimum absolute atomic E-state index is 0.0564. The molecule has 3 rings (SSSR count). The standard InChI is InChI=1S/C20H17NO4S/c22-16-10-8-15(9-11-16)20(24)25-13-18(23)21-19(17-7-4-12-26-17)14-5-2-1-3-6-14/h1-12,19,22H,13H2,(H,21,23)/t19-/m0/s1. The SMILES string of the molecule is O=C(COC(=O)c1ccc(O)cc1)N[C@@H](c1ccccc1)c1cccs1. The third-order valence-corrected chi connectivity index (χ3v) is 4.64. The van der Waals surface area contributed by atoms with E-state index in [4.69, 9.17) is 4.74 Å². The summed E-state index contributed by atoms with van der Waals surface area (Å²) < 4.78 is 5.05. The second-order valence-corrected chi connectivity index (χ2v) is 6.53. The van der Waals surface area contributed by atoms with Crippen molar-refractivity contribution in [2.24, 2.45) is 0 Å². The molecule has 0 unspecified atom stereocenters. The average Bonchev–Trinajstić information content (AvgIpc) is 3.20. The summed E-state index contributed by atoms with van der Waals surface area (Å²) in [4.78, 5) is 25.2. The highest BCUT2D eigenvalue weighted by Gasteiger charge is 2.19. The molecule has 1 aromatic heterocycles. The van der Waals surface area contributed by atoms with Gasteiger partial charge in [0.15, 0.2) is 6.61 Å². The molecule has 1 heterocycles. The number of phenolic OH excluding ortho intramolecular Hbond substituents is 1. The van der Waals surface area contributed by atoms with Crippen LogP contribution in [0.1, 0.15) is 26.8 Å². The Bertz CT molecular complexity index is 861. The van der Waals surface area contributed by atoms with Gasteiger partial charge in [0.1, 0.15) is 5.75 Å². The largest absolute Gasteiger partial charge is 0.508 e. The van der Waals surface area contributed by atoms with Crippen LogP contribution < -0.4 is 5.32 Å². The first-order valence-corrected chi connectivity index (χ1v) is 8.85. The van der Waals surface area contributed by atoms with E-state index >= 15 is 0 Å². The van der Waals surface area contributed by atoms with Gasteiger partial charge in [-0.15, -0.1) is 11.3 Å². The summed E-state index contributed by atoms with van der Waals surface area (Å²) in [7, 11) is 0. The van der Waals surface area contributed by atoms with Crippen LogP contribution in [0.5, 0.6) is 5.75 Å². The van der Waals surface area contributed by atoms with Gasteiger partial charge in [0.05, 0.1) is 11.6 Å². The average molecular weight is 367 g/mol. The molecular formula is C20H17NO4S. The van der Waals surface area contributed by atoms with Gasteiger partial charge in [-0.2, -0.15) is 0 Å². The first-order valence-electron chi connectivity index (χ1n) is 7.97. The predicted molar refractivity (Wildman–Crippen MR) is 99.1 cm³/mol. The summed E-state index contributed by atoms with van der Waals surface area (Å²) in [5.74, 6) is -0.951. The van der Waals surface area contributed by atoms with Crippen molar-refractivity contribution in [3.8, 4) is 5.75 Å². The third kappa shape index (κ3) is 4.49. The highest BCUT2D eigenvalue weighted by atomic mass is 32.1. The number of hydrogen-bond donors (Lipinski definition) is 2. The normalized spacial score (nSPS) is 11.5. The van der Waals surface area contributed by atoms with E-state index < -0.39 is 5.97 Å².